The molecule has 0 saturated carbocycles. The van der Waals surface area contributed by atoms with E-state index in [9.17, 15) is 4.79 Å². The summed E-state index contributed by atoms with van der Waals surface area (Å²) in [4.78, 5) is 11.4. The van der Waals surface area contributed by atoms with Crippen LogP contribution in [0.5, 0.6) is 5.75 Å². The smallest absolute Gasteiger partial charge is 0.170 e. The van der Waals surface area contributed by atoms with Gasteiger partial charge in [-0.3, -0.25) is 4.79 Å². The van der Waals surface area contributed by atoms with Crippen molar-refractivity contribution in [1.29, 1.82) is 0 Å². The highest BCUT2D eigenvalue weighted by atomic mass is 35.5. The number of carbonyl (C=O) groups excluding carboxylic acids is 1. The summed E-state index contributed by atoms with van der Waals surface area (Å²) in [6.07, 6.45) is 0.408. The summed E-state index contributed by atoms with van der Waals surface area (Å²) in [6.45, 7) is 0.420. The summed E-state index contributed by atoms with van der Waals surface area (Å²) in [5, 5.41) is 0.800. The second kappa shape index (κ2) is 3.20. The van der Waals surface area contributed by atoms with Crippen LogP contribution in [0.1, 0.15) is 16.8 Å². The Balaban J connectivity index is 2.58. The Morgan fingerprint density at radius 1 is 1.23 bits per heavy atom. The lowest BCUT2D eigenvalue weighted by molar-refractivity contribution is 0.0933. The lowest BCUT2D eigenvalue weighted by atomic mass is 10.1. The third-order valence-corrected chi connectivity index (χ3v) is 2.63. The molecule has 1 aromatic carbocycles. The zero-order chi connectivity index (χ0) is 9.42. The van der Waals surface area contributed by atoms with Crippen molar-refractivity contribution in [2.24, 2.45) is 0 Å². The third kappa shape index (κ3) is 1.52. The van der Waals surface area contributed by atoms with E-state index >= 15 is 0 Å². The van der Waals surface area contributed by atoms with Gasteiger partial charge in [0.15, 0.2) is 5.78 Å². The predicted octanol–water partition coefficient (Wildman–Crippen LogP) is 2.96. The van der Waals surface area contributed by atoms with Gasteiger partial charge in [-0.15, -0.1) is 0 Å². The summed E-state index contributed by atoms with van der Waals surface area (Å²) < 4.78 is 5.27. The van der Waals surface area contributed by atoms with Gasteiger partial charge >= 0.3 is 0 Å². The van der Waals surface area contributed by atoms with Crippen molar-refractivity contribution in [3.63, 3.8) is 0 Å². The van der Waals surface area contributed by atoms with Gasteiger partial charge in [0.2, 0.25) is 0 Å². The summed E-state index contributed by atoms with van der Waals surface area (Å²) in [7, 11) is 0. The Bertz CT molecular complexity index is 374. The Labute approximate surface area is 85.4 Å². The van der Waals surface area contributed by atoms with Gasteiger partial charge in [0.25, 0.3) is 0 Å². The minimum atomic E-state index is 0.0554. The molecule has 1 aliphatic heterocycles. The molecule has 2 nitrogen and oxygen atoms in total. The molecule has 4 heteroatoms. The van der Waals surface area contributed by atoms with Crippen molar-refractivity contribution in [3.8, 4) is 5.75 Å². The number of ketones is 1. The summed E-state index contributed by atoms with van der Waals surface area (Å²) in [5.41, 5.74) is 0.528. The zero-order valence-electron chi connectivity index (χ0n) is 6.64. The number of fused-ring (bicyclic) bond motifs is 1. The van der Waals surface area contributed by atoms with Crippen LogP contribution in [-0.4, -0.2) is 12.4 Å². The molecule has 0 atom stereocenters. The van der Waals surface area contributed by atoms with E-state index in [0.717, 1.165) is 0 Å². The molecule has 0 N–H and O–H groups in total. The van der Waals surface area contributed by atoms with Crippen molar-refractivity contribution in [2.75, 3.05) is 6.61 Å². The molecular weight excluding hydrogens is 211 g/mol. The molecule has 13 heavy (non-hydrogen) atoms. The molecule has 2 rings (SSSR count). The van der Waals surface area contributed by atoms with Gasteiger partial charge in [-0.1, -0.05) is 23.2 Å². The Kier molecular flexibility index (Phi) is 2.18. The van der Waals surface area contributed by atoms with E-state index in [1.807, 2.05) is 0 Å². The predicted molar refractivity (Wildman–Crippen MR) is 50.9 cm³/mol. The average molecular weight is 217 g/mol. The molecule has 1 aliphatic rings. The number of halogens is 2. The van der Waals surface area contributed by atoms with E-state index in [1.54, 1.807) is 12.1 Å². The maximum atomic E-state index is 11.4. The van der Waals surface area contributed by atoms with Gasteiger partial charge in [0, 0.05) is 12.5 Å². The van der Waals surface area contributed by atoms with Crippen LogP contribution < -0.4 is 4.74 Å². The van der Waals surface area contributed by atoms with E-state index in [-0.39, 0.29) is 5.78 Å². The number of hydrogen-bond acceptors (Lipinski definition) is 2. The standard InChI is InChI=1S/C9H6Cl2O2/c10-6-3-5-8(12)1-2-13-9(5)4-7(6)11/h3-4H,1-2H2. The minimum Gasteiger partial charge on any atom is -0.492 e. The van der Waals surface area contributed by atoms with Crippen LogP contribution in [0.15, 0.2) is 12.1 Å². The molecule has 0 amide bonds. The fourth-order valence-electron chi connectivity index (χ4n) is 1.25. The first-order valence-electron chi connectivity index (χ1n) is 3.83. The third-order valence-electron chi connectivity index (χ3n) is 1.91. The molecule has 0 bridgehead atoms. The van der Waals surface area contributed by atoms with Crippen LogP contribution in [-0.2, 0) is 0 Å². The molecule has 0 aliphatic carbocycles. The average Bonchev–Trinajstić information content (AvgIpc) is 2.09. The highest BCUT2D eigenvalue weighted by Crippen LogP contribution is 2.33. The first-order chi connectivity index (χ1) is 6.18. The fourth-order valence-corrected chi connectivity index (χ4v) is 1.57. The Morgan fingerprint density at radius 2 is 1.92 bits per heavy atom. The Hall–Kier alpha value is -0.730. The van der Waals surface area contributed by atoms with Crippen molar-refractivity contribution < 1.29 is 9.53 Å². The van der Waals surface area contributed by atoms with Gasteiger partial charge < -0.3 is 4.74 Å². The second-order valence-electron chi connectivity index (χ2n) is 2.78. The van der Waals surface area contributed by atoms with Crippen LogP contribution in [0.3, 0.4) is 0 Å². The number of Topliss-reactive ketones (excluding diaryl/α,β-unsaturated/α-hetero) is 1. The van der Waals surface area contributed by atoms with Crippen LogP contribution in [0.2, 0.25) is 10.0 Å². The highest BCUT2D eigenvalue weighted by Gasteiger charge is 2.19. The molecule has 68 valence electrons. The van der Waals surface area contributed by atoms with E-state index in [1.165, 1.54) is 0 Å². The first-order valence-corrected chi connectivity index (χ1v) is 4.59. The monoisotopic (exact) mass is 216 g/mol. The van der Waals surface area contributed by atoms with Crippen molar-refractivity contribution >= 4 is 29.0 Å². The summed E-state index contributed by atoms with van der Waals surface area (Å²) in [6, 6.07) is 3.14. The van der Waals surface area contributed by atoms with Crippen molar-refractivity contribution in [1.82, 2.24) is 0 Å². The van der Waals surface area contributed by atoms with Gasteiger partial charge in [0.05, 0.1) is 22.2 Å². The molecule has 0 aromatic heterocycles. The lowest BCUT2D eigenvalue weighted by Crippen LogP contribution is -2.15. The second-order valence-corrected chi connectivity index (χ2v) is 3.60. The molecule has 0 unspecified atom stereocenters. The van der Waals surface area contributed by atoms with Gasteiger partial charge in [-0.25, -0.2) is 0 Å². The molecule has 1 heterocycles. The number of benzene rings is 1. The maximum absolute atomic E-state index is 11.4. The largest absolute Gasteiger partial charge is 0.492 e. The zero-order valence-corrected chi connectivity index (χ0v) is 8.15. The van der Waals surface area contributed by atoms with Gasteiger partial charge in [0.1, 0.15) is 5.75 Å². The molecule has 0 saturated heterocycles. The van der Waals surface area contributed by atoms with E-state index in [4.69, 9.17) is 27.9 Å². The van der Waals surface area contributed by atoms with Crippen molar-refractivity contribution in [2.45, 2.75) is 6.42 Å². The van der Waals surface area contributed by atoms with E-state index in [2.05, 4.69) is 0 Å². The Morgan fingerprint density at radius 3 is 2.69 bits per heavy atom. The summed E-state index contributed by atoms with van der Waals surface area (Å²) >= 11 is 11.5. The number of carbonyl (C=O) groups is 1. The molecule has 0 fully saturated rings. The summed E-state index contributed by atoms with van der Waals surface area (Å²) in [5.74, 6) is 0.588. The molecule has 1 aromatic rings. The molecular formula is C9H6Cl2O2. The minimum absolute atomic E-state index is 0.0554. The van der Waals surface area contributed by atoms with Crippen molar-refractivity contribution in [3.05, 3.63) is 27.7 Å². The first kappa shape index (κ1) is 8.85. The van der Waals surface area contributed by atoms with Crippen LogP contribution in [0.4, 0.5) is 0 Å². The highest BCUT2D eigenvalue weighted by molar-refractivity contribution is 6.42. The maximum Gasteiger partial charge on any atom is 0.170 e. The van der Waals surface area contributed by atoms with E-state index < -0.39 is 0 Å². The number of rotatable bonds is 0. The van der Waals surface area contributed by atoms with Gasteiger partial charge in [-0.05, 0) is 6.07 Å². The molecule has 0 spiro atoms. The fraction of sp³-hybridized carbons (Fsp3) is 0.222. The lowest BCUT2D eigenvalue weighted by Gasteiger charge is -2.16. The normalized spacial score (nSPS) is 15.1. The topological polar surface area (TPSA) is 26.3 Å². The molecule has 0 radical (unpaired) electrons. The SMILES string of the molecule is O=C1CCOc2cc(Cl)c(Cl)cc21. The number of hydrogen-bond donors (Lipinski definition) is 0. The quantitative estimate of drug-likeness (QED) is 0.667. The van der Waals surface area contributed by atoms with Crippen LogP contribution in [0.25, 0.3) is 0 Å². The van der Waals surface area contributed by atoms with Gasteiger partial charge in [-0.2, -0.15) is 0 Å². The van der Waals surface area contributed by atoms with Crippen LogP contribution in [0, 0.1) is 0 Å². The number of ether oxygens (including phenoxy) is 1. The van der Waals surface area contributed by atoms with Crippen LogP contribution >= 0.6 is 23.2 Å². The van der Waals surface area contributed by atoms with E-state index in [0.29, 0.717) is 34.4 Å².